The number of ether oxygens (including phenoxy) is 2. The van der Waals surface area contributed by atoms with E-state index in [2.05, 4.69) is 5.32 Å². The number of aliphatic hydroxyl groups is 3. The number of carbonyl (C=O) groups excluding carboxylic acids is 1. The summed E-state index contributed by atoms with van der Waals surface area (Å²) in [6, 6.07) is 13.8. The first-order chi connectivity index (χ1) is 17.7. The normalized spacial score (nSPS) is 27.2. The minimum absolute atomic E-state index is 0.281. The van der Waals surface area contributed by atoms with Gasteiger partial charge in [-0.3, -0.25) is 10.1 Å². The van der Waals surface area contributed by atoms with Crippen molar-refractivity contribution in [3.05, 3.63) is 64.7 Å². The van der Waals surface area contributed by atoms with Crippen LogP contribution in [0.4, 0.5) is 0 Å². The van der Waals surface area contributed by atoms with Gasteiger partial charge in [0.25, 0.3) is 0 Å². The number of hydrogen-bond donors (Lipinski definition) is 5. The summed E-state index contributed by atoms with van der Waals surface area (Å²) in [6.45, 7) is 3.03. The lowest BCUT2D eigenvalue weighted by molar-refractivity contribution is -0.200. The van der Waals surface area contributed by atoms with Gasteiger partial charge < -0.3 is 30.5 Å². The van der Waals surface area contributed by atoms with Gasteiger partial charge in [-0.05, 0) is 66.8 Å². The molecule has 1 saturated carbocycles. The number of thioether (sulfide) groups is 1. The molecule has 37 heavy (non-hydrogen) atoms. The van der Waals surface area contributed by atoms with Crippen molar-refractivity contribution in [3.63, 3.8) is 0 Å². The zero-order valence-corrected chi connectivity index (χ0v) is 22.2. The molecule has 4 rings (SSSR count). The molecule has 9 heteroatoms. The largest absolute Gasteiger partial charge is 0.492 e. The van der Waals surface area contributed by atoms with Crippen molar-refractivity contribution in [1.82, 2.24) is 5.32 Å². The second-order valence-electron chi connectivity index (χ2n) is 10.1. The summed E-state index contributed by atoms with van der Waals surface area (Å²) in [5.74, 6) is 0.473. The summed E-state index contributed by atoms with van der Waals surface area (Å²) >= 11 is 1.30. The summed E-state index contributed by atoms with van der Waals surface area (Å²) in [4.78, 5) is 11.9. The Kier molecular flexibility index (Phi) is 9.15. The highest BCUT2D eigenvalue weighted by molar-refractivity contribution is 7.99. The molecular weight excluding hydrogens is 492 g/mol. The smallest absolute Gasteiger partial charge is 0.237 e. The summed E-state index contributed by atoms with van der Waals surface area (Å²) in [5, 5.41) is 34.3. The number of benzene rings is 2. The maximum atomic E-state index is 11.9. The van der Waals surface area contributed by atoms with Crippen molar-refractivity contribution >= 4 is 17.7 Å². The van der Waals surface area contributed by atoms with Crippen molar-refractivity contribution in [2.24, 2.45) is 5.73 Å². The number of primary amides is 1. The lowest BCUT2D eigenvalue weighted by Gasteiger charge is -2.40. The molecule has 6 N–H and O–H groups in total. The van der Waals surface area contributed by atoms with Crippen molar-refractivity contribution in [2.45, 2.75) is 74.4 Å². The fourth-order valence-corrected chi connectivity index (χ4v) is 5.92. The van der Waals surface area contributed by atoms with E-state index in [-0.39, 0.29) is 5.91 Å². The van der Waals surface area contributed by atoms with Crippen LogP contribution < -0.4 is 15.8 Å². The van der Waals surface area contributed by atoms with E-state index in [1.165, 1.54) is 11.8 Å². The molecule has 8 nitrogen and oxygen atoms in total. The number of amides is 1. The summed E-state index contributed by atoms with van der Waals surface area (Å²) in [7, 11) is 0. The van der Waals surface area contributed by atoms with E-state index in [9.17, 15) is 20.1 Å². The summed E-state index contributed by atoms with van der Waals surface area (Å²) < 4.78 is 11.8. The minimum atomic E-state index is -1.27. The van der Waals surface area contributed by atoms with E-state index in [0.717, 1.165) is 53.7 Å². The van der Waals surface area contributed by atoms with Crippen molar-refractivity contribution < 1.29 is 29.6 Å². The molecule has 2 aliphatic rings. The highest BCUT2D eigenvalue weighted by atomic mass is 32.2. The summed E-state index contributed by atoms with van der Waals surface area (Å²) in [5.41, 5.74) is 8.47. The summed E-state index contributed by atoms with van der Waals surface area (Å²) in [6.07, 6.45) is 1.71. The number of aliphatic hydroxyl groups excluding tert-OH is 3. The van der Waals surface area contributed by atoms with Gasteiger partial charge in [0, 0.05) is 6.54 Å². The van der Waals surface area contributed by atoms with E-state index in [1.54, 1.807) is 6.26 Å². The molecule has 202 valence electrons. The molecule has 2 aromatic rings. The Balaban J connectivity index is 1.35. The number of aryl methyl sites for hydroxylation is 1. The average Bonchev–Trinajstić information content (AvgIpc) is 3.38. The first-order valence-electron chi connectivity index (χ1n) is 12.8. The molecule has 5 unspecified atom stereocenters. The molecule has 0 radical (unpaired) electrons. The molecule has 1 amide bonds. The van der Waals surface area contributed by atoms with Crippen molar-refractivity contribution in [3.8, 4) is 5.75 Å². The molecule has 2 fully saturated rings. The first kappa shape index (κ1) is 27.9. The van der Waals surface area contributed by atoms with Gasteiger partial charge in [0.2, 0.25) is 5.91 Å². The highest BCUT2D eigenvalue weighted by Gasteiger charge is 2.44. The predicted octanol–water partition coefficient (Wildman–Crippen LogP) is 2.20. The molecule has 0 aromatic heterocycles. The predicted molar refractivity (Wildman–Crippen MR) is 143 cm³/mol. The monoisotopic (exact) mass is 530 g/mol. The minimum Gasteiger partial charge on any atom is -0.492 e. The van der Waals surface area contributed by atoms with Crippen LogP contribution in [-0.2, 0) is 16.0 Å². The van der Waals surface area contributed by atoms with Crippen LogP contribution in [0.3, 0.4) is 0 Å². The van der Waals surface area contributed by atoms with E-state index in [0.29, 0.717) is 19.6 Å². The van der Waals surface area contributed by atoms with Crippen LogP contribution in [0.2, 0.25) is 0 Å². The SMILES string of the molecule is CSC1OC(c2ccc(C)c(Cc3ccc(OCCNC4(C(N)=O)CCCC4)cc3)c2)C(O)C(O)C1O. The lowest BCUT2D eigenvalue weighted by Crippen LogP contribution is -2.54. The third kappa shape index (κ3) is 6.30. The zero-order chi connectivity index (χ0) is 26.6. The molecule has 0 bridgehead atoms. The van der Waals surface area contributed by atoms with E-state index in [4.69, 9.17) is 15.2 Å². The number of hydrogen-bond acceptors (Lipinski definition) is 8. The Morgan fingerprint density at radius 3 is 2.46 bits per heavy atom. The second kappa shape index (κ2) is 12.1. The maximum Gasteiger partial charge on any atom is 0.237 e. The Morgan fingerprint density at radius 2 is 1.81 bits per heavy atom. The number of rotatable bonds is 10. The van der Waals surface area contributed by atoms with Gasteiger partial charge in [0.05, 0.1) is 5.54 Å². The van der Waals surface area contributed by atoms with Gasteiger partial charge in [-0.1, -0.05) is 43.2 Å². The van der Waals surface area contributed by atoms with Crippen LogP contribution in [-0.4, -0.2) is 69.9 Å². The Labute approximate surface area is 222 Å². The van der Waals surface area contributed by atoms with Gasteiger partial charge in [-0.15, -0.1) is 11.8 Å². The van der Waals surface area contributed by atoms with Crippen LogP contribution in [0.15, 0.2) is 42.5 Å². The van der Waals surface area contributed by atoms with Crippen LogP contribution in [0.1, 0.15) is 54.0 Å². The molecule has 1 aliphatic heterocycles. The lowest BCUT2D eigenvalue weighted by atomic mass is 9.91. The van der Waals surface area contributed by atoms with Crippen LogP contribution in [0, 0.1) is 6.92 Å². The zero-order valence-electron chi connectivity index (χ0n) is 21.4. The number of carbonyl (C=O) groups is 1. The number of nitrogens with two attached hydrogens (primary N) is 1. The third-order valence-corrected chi connectivity index (χ3v) is 8.44. The van der Waals surface area contributed by atoms with Gasteiger partial charge in [0.15, 0.2) is 0 Å². The molecule has 0 spiro atoms. The Morgan fingerprint density at radius 1 is 1.11 bits per heavy atom. The standard InChI is InChI=1S/C28H38N2O6S/c1-17-5-8-19(25-23(32)22(31)24(33)26(36-25)37-2)16-20(17)15-18-6-9-21(10-7-18)35-14-13-30-28(27(29)34)11-3-4-12-28/h5-10,16,22-26,30-33H,3-4,11-15H2,1-2H3,(H2,29,34). The molecule has 1 aliphatic carbocycles. The molecule has 2 aromatic carbocycles. The van der Waals surface area contributed by atoms with Crippen LogP contribution in [0.5, 0.6) is 5.75 Å². The fourth-order valence-electron chi connectivity index (χ4n) is 5.25. The highest BCUT2D eigenvalue weighted by Crippen LogP contribution is 2.36. The molecule has 1 saturated heterocycles. The molecular formula is C28H38N2O6S. The van der Waals surface area contributed by atoms with Crippen molar-refractivity contribution in [1.29, 1.82) is 0 Å². The second-order valence-corrected chi connectivity index (χ2v) is 11.0. The van der Waals surface area contributed by atoms with Gasteiger partial charge in [0.1, 0.15) is 42.2 Å². The Bertz CT molecular complexity index is 1060. The first-order valence-corrected chi connectivity index (χ1v) is 14.1. The maximum absolute atomic E-state index is 11.9. The Hall–Kier alpha value is -2.14. The quantitative estimate of drug-likeness (QED) is 0.295. The number of nitrogens with one attached hydrogen (secondary N) is 1. The van der Waals surface area contributed by atoms with Gasteiger partial charge in [-0.25, -0.2) is 0 Å². The van der Waals surface area contributed by atoms with E-state index >= 15 is 0 Å². The van der Waals surface area contributed by atoms with Crippen LogP contribution >= 0.6 is 11.8 Å². The topological polar surface area (TPSA) is 134 Å². The third-order valence-electron chi connectivity index (χ3n) is 7.58. The molecule has 1 heterocycles. The van der Waals surface area contributed by atoms with Gasteiger partial charge in [-0.2, -0.15) is 0 Å². The van der Waals surface area contributed by atoms with E-state index < -0.39 is 35.4 Å². The average molecular weight is 531 g/mol. The van der Waals surface area contributed by atoms with Crippen LogP contribution in [0.25, 0.3) is 0 Å². The molecule has 5 atom stereocenters. The van der Waals surface area contributed by atoms with Crippen molar-refractivity contribution in [2.75, 3.05) is 19.4 Å². The van der Waals surface area contributed by atoms with Gasteiger partial charge >= 0.3 is 0 Å². The fraction of sp³-hybridized carbons (Fsp3) is 0.536. The van der Waals surface area contributed by atoms with E-state index in [1.807, 2.05) is 49.4 Å².